The van der Waals surface area contributed by atoms with Gasteiger partial charge in [-0.3, -0.25) is 18.6 Å². The largest absolute Gasteiger partial charge is 0.301 e. The fourth-order valence-corrected chi connectivity index (χ4v) is 5.26. The molecule has 0 fully saturated rings. The fourth-order valence-electron chi connectivity index (χ4n) is 3.78. The summed E-state index contributed by atoms with van der Waals surface area (Å²) in [5, 5.41) is 14.8. The van der Waals surface area contributed by atoms with Crippen molar-refractivity contribution in [1.29, 1.82) is 0 Å². The minimum Gasteiger partial charge on any atom is -0.301 e. The van der Waals surface area contributed by atoms with Crippen LogP contribution in [0.1, 0.15) is 18.9 Å². The average molecular weight is 491 g/mol. The molecule has 0 spiro atoms. The first-order chi connectivity index (χ1) is 16.5. The molecule has 1 amide bonds. The van der Waals surface area contributed by atoms with Gasteiger partial charge in [-0.25, -0.2) is 4.98 Å². The molecule has 10 heteroatoms. The third-order valence-electron chi connectivity index (χ3n) is 5.47. The number of carbonyl (C=O) groups excluding carboxylic acids is 1. The van der Waals surface area contributed by atoms with Gasteiger partial charge in [0.05, 0.1) is 22.3 Å². The third-order valence-corrected chi connectivity index (χ3v) is 7.15. The molecule has 5 aromatic rings. The normalized spacial score (nSPS) is 11.4. The van der Waals surface area contributed by atoms with Crippen molar-refractivity contribution >= 4 is 50.8 Å². The highest BCUT2D eigenvalue weighted by Crippen LogP contribution is 2.26. The van der Waals surface area contributed by atoms with E-state index in [-0.39, 0.29) is 17.2 Å². The lowest BCUT2D eigenvalue weighted by Crippen LogP contribution is -2.20. The maximum atomic E-state index is 12.6. The summed E-state index contributed by atoms with van der Waals surface area (Å²) in [6, 6.07) is 15.7. The van der Waals surface area contributed by atoms with Crippen LogP contribution in [0.5, 0.6) is 0 Å². The lowest BCUT2D eigenvalue weighted by Gasteiger charge is -2.07. The number of thioether (sulfide) groups is 1. The number of amides is 1. The highest BCUT2D eigenvalue weighted by atomic mass is 32.2. The van der Waals surface area contributed by atoms with Crippen molar-refractivity contribution in [2.75, 3.05) is 11.1 Å². The van der Waals surface area contributed by atoms with E-state index in [0.29, 0.717) is 27.0 Å². The highest BCUT2D eigenvalue weighted by Gasteiger charge is 2.16. The number of para-hydroxylation sites is 1. The van der Waals surface area contributed by atoms with Crippen LogP contribution in [0.3, 0.4) is 0 Å². The second-order valence-corrected chi connectivity index (χ2v) is 9.62. The summed E-state index contributed by atoms with van der Waals surface area (Å²) in [5.41, 5.74) is 3.75. The molecule has 0 aliphatic carbocycles. The van der Waals surface area contributed by atoms with Gasteiger partial charge in [0.15, 0.2) is 10.3 Å². The van der Waals surface area contributed by atoms with E-state index < -0.39 is 0 Å². The first-order valence-electron chi connectivity index (χ1n) is 10.9. The van der Waals surface area contributed by atoms with Gasteiger partial charge in [-0.05, 0) is 24.1 Å². The molecule has 0 unspecified atom stereocenters. The molecular weight excluding hydrogens is 468 g/mol. The van der Waals surface area contributed by atoms with Gasteiger partial charge < -0.3 is 5.32 Å². The first-order valence-corrected chi connectivity index (χ1v) is 12.7. The van der Waals surface area contributed by atoms with Crippen LogP contribution in [-0.2, 0) is 18.3 Å². The number of aromatic nitrogens is 5. The van der Waals surface area contributed by atoms with Crippen molar-refractivity contribution in [3.63, 3.8) is 0 Å². The van der Waals surface area contributed by atoms with Gasteiger partial charge in [-0.1, -0.05) is 61.5 Å². The van der Waals surface area contributed by atoms with Crippen molar-refractivity contribution in [2.24, 2.45) is 7.05 Å². The minimum atomic E-state index is -0.185. The number of thiazole rings is 1. The fraction of sp³-hybridized carbons (Fsp3) is 0.208. The average Bonchev–Trinajstić information content (AvgIpc) is 3.49. The van der Waals surface area contributed by atoms with Gasteiger partial charge in [0.25, 0.3) is 5.56 Å². The summed E-state index contributed by atoms with van der Waals surface area (Å²) in [4.78, 5) is 29.7. The first kappa shape index (κ1) is 22.3. The summed E-state index contributed by atoms with van der Waals surface area (Å²) in [6.45, 7) is 2.16. The van der Waals surface area contributed by atoms with Gasteiger partial charge >= 0.3 is 0 Å². The molecule has 0 radical (unpaired) electrons. The Balaban J connectivity index is 1.30. The summed E-state index contributed by atoms with van der Waals surface area (Å²) in [7, 11) is 1.66. The van der Waals surface area contributed by atoms with E-state index in [4.69, 9.17) is 0 Å². The molecular formula is C24H22N6O2S2. The molecule has 0 aliphatic rings. The number of nitrogens with zero attached hydrogens (tertiary/aromatic N) is 5. The van der Waals surface area contributed by atoms with Crippen LogP contribution in [0.15, 0.2) is 63.9 Å². The van der Waals surface area contributed by atoms with Gasteiger partial charge in [0.1, 0.15) is 0 Å². The number of hydrogen-bond acceptors (Lipinski definition) is 7. The molecule has 8 nitrogen and oxygen atoms in total. The predicted octanol–water partition coefficient (Wildman–Crippen LogP) is 4.39. The van der Waals surface area contributed by atoms with Crippen LogP contribution >= 0.6 is 23.1 Å². The Bertz CT molecular complexity index is 1550. The van der Waals surface area contributed by atoms with Crippen molar-refractivity contribution in [3.8, 4) is 11.3 Å². The number of nitrogens with one attached hydrogen (secondary N) is 1. The van der Waals surface area contributed by atoms with E-state index in [1.54, 1.807) is 17.5 Å². The molecule has 2 aromatic carbocycles. The van der Waals surface area contributed by atoms with Crippen LogP contribution < -0.4 is 10.9 Å². The van der Waals surface area contributed by atoms with Crippen LogP contribution in [0.4, 0.5) is 5.13 Å². The van der Waals surface area contributed by atoms with E-state index in [0.717, 1.165) is 24.1 Å². The molecule has 0 aliphatic heterocycles. The number of carbonyl (C=O) groups is 1. The van der Waals surface area contributed by atoms with E-state index in [9.17, 15) is 9.59 Å². The second-order valence-electron chi connectivity index (χ2n) is 7.82. The van der Waals surface area contributed by atoms with Crippen LogP contribution in [0.25, 0.3) is 27.9 Å². The third kappa shape index (κ3) is 4.22. The smallest absolute Gasteiger partial charge is 0.262 e. The van der Waals surface area contributed by atoms with Gasteiger partial charge in [0, 0.05) is 18.0 Å². The molecule has 5 rings (SSSR count). The number of rotatable bonds is 7. The number of fused-ring (bicyclic) bond motifs is 3. The van der Waals surface area contributed by atoms with E-state index >= 15 is 0 Å². The Morgan fingerprint density at radius 2 is 1.91 bits per heavy atom. The van der Waals surface area contributed by atoms with Gasteiger partial charge in [0.2, 0.25) is 11.7 Å². The summed E-state index contributed by atoms with van der Waals surface area (Å²) in [6.07, 6.45) is 2.17. The van der Waals surface area contributed by atoms with Crippen molar-refractivity contribution < 1.29 is 4.79 Å². The van der Waals surface area contributed by atoms with Crippen LogP contribution in [-0.4, -0.2) is 35.8 Å². The number of anilines is 1. The molecule has 0 saturated heterocycles. The quantitative estimate of drug-likeness (QED) is 0.340. The summed E-state index contributed by atoms with van der Waals surface area (Å²) >= 11 is 2.66. The maximum absolute atomic E-state index is 12.6. The van der Waals surface area contributed by atoms with Crippen molar-refractivity contribution in [1.82, 2.24) is 24.1 Å². The molecule has 0 bridgehead atoms. The molecule has 34 heavy (non-hydrogen) atoms. The molecule has 1 N–H and O–H groups in total. The number of hydrogen-bond donors (Lipinski definition) is 1. The Hall–Kier alpha value is -3.50. The Morgan fingerprint density at radius 1 is 1.12 bits per heavy atom. The second kappa shape index (κ2) is 9.40. The highest BCUT2D eigenvalue weighted by molar-refractivity contribution is 7.99. The Morgan fingerprint density at radius 3 is 2.71 bits per heavy atom. The standard InChI is InChI=1S/C24H22N6O2S2/c1-3-6-15-9-11-16(12-10-15)18-13-33-22(25-18)26-20(31)14-34-24-28-27-23-29(2)21(32)17-7-4-5-8-19(17)30(23)24/h4-5,7-13H,3,6,14H2,1-2H3,(H,25,26,31). The van der Waals surface area contributed by atoms with Gasteiger partial charge in [-0.2, -0.15) is 0 Å². The van der Waals surface area contributed by atoms with E-state index in [1.807, 2.05) is 23.6 Å². The van der Waals surface area contributed by atoms with Crippen LogP contribution in [0, 0.1) is 0 Å². The summed E-state index contributed by atoms with van der Waals surface area (Å²) in [5.74, 6) is 0.384. The minimum absolute atomic E-state index is 0.135. The zero-order valence-corrected chi connectivity index (χ0v) is 20.3. The Labute approximate surface area is 203 Å². The topological polar surface area (TPSA) is 94.2 Å². The molecule has 0 atom stereocenters. The molecule has 3 aromatic heterocycles. The zero-order valence-electron chi connectivity index (χ0n) is 18.7. The summed E-state index contributed by atoms with van der Waals surface area (Å²) < 4.78 is 3.27. The van der Waals surface area contributed by atoms with Crippen molar-refractivity contribution in [2.45, 2.75) is 24.9 Å². The maximum Gasteiger partial charge on any atom is 0.262 e. The molecule has 3 heterocycles. The lowest BCUT2D eigenvalue weighted by atomic mass is 10.1. The van der Waals surface area contributed by atoms with E-state index in [1.165, 1.54) is 33.2 Å². The monoisotopic (exact) mass is 490 g/mol. The molecule has 172 valence electrons. The Kier molecular flexibility index (Phi) is 6.16. The van der Waals surface area contributed by atoms with E-state index in [2.05, 4.69) is 51.7 Å². The number of benzene rings is 2. The SMILES string of the molecule is CCCc1ccc(-c2csc(NC(=O)CSc3nnc4n(C)c(=O)c5ccccc5n34)n2)cc1. The predicted molar refractivity (Wildman–Crippen MR) is 137 cm³/mol. The van der Waals surface area contributed by atoms with Crippen LogP contribution in [0.2, 0.25) is 0 Å². The molecule has 0 saturated carbocycles. The van der Waals surface area contributed by atoms with Gasteiger partial charge in [-0.15, -0.1) is 21.5 Å². The lowest BCUT2D eigenvalue weighted by molar-refractivity contribution is -0.113. The zero-order chi connectivity index (χ0) is 23.7. The van der Waals surface area contributed by atoms with Crippen molar-refractivity contribution in [3.05, 3.63) is 69.8 Å². The number of aryl methyl sites for hydroxylation is 2.